The van der Waals surface area contributed by atoms with Crippen LogP contribution in [0.4, 0.5) is 0 Å². The lowest BCUT2D eigenvalue weighted by Gasteiger charge is -2.15. The largest absolute Gasteiger partial charge is 0.330 e. The van der Waals surface area contributed by atoms with Crippen molar-refractivity contribution in [2.45, 2.75) is 26.3 Å². The van der Waals surface area contributed by atoms with Crippen LogP contribution in [0.1, 0.15) is 15.7 Å². The molecule has 1 aliphatic heterocycles. The van der Waals surface area contributed by atoms with Crippen LogP contribution in [-0.2, 0) is 19.4 Å². The van der Waals surface area contributed by atoms with Gasteiger partial charge in [-0.1, -0.05) is 0 Å². The summed E-state index contributed by atoms with van der Waals surface area (Å²) in [6.45, 7) is 3.73. The Hall–Kier alpha value is -1.20. The number of thiazole rings is 1. The highest BCUT2D eigenvalue weighted by atomic mass is 32.1. The van der Waals surface area contributed by atoms with Crippen LogP contribution in [0.2, 0.25) is 0 Å². The second-order valence-corrected chi connectivity index (χ2v) is 5.29. The molecule has 0 atom stereocenters. The third-order valence-electron chi connectivity index (χ3n) is 2.92. The molecular formula is C11H14N4S. The number of aromatic nitrogens is 3. The zero-order valence-electron chi connectivity index (χ0n) is 9.23. The van der Waals surface area contributed by atoms with Gasteiger partial charge in [0.2, 0.25) is 0 Å². The summed E-state index contributed by atoms with van der Waals surface area (Å²) in [5.41, 5.74) is 7.88. The standard InChI is InChI=1S/C11H14N4S/c1-7-14-11-8-6-13-10(2-4-12)15(8)5-3-9(11)16-7/h6H,2-5,12H2,1H3. The van der Waals surface area contributed by atoms with Crippen molar-refractivity contribution in [3.8, 4) is 11.4 Å². The Balaban J connectivity index is 2.11. The summed E-state index contributed by atoms with van der Waals surface area (Å²) in [7, 11) is 0. The summed E-state index contributed by atoms with van der Waals surface area (Å²) in [5.74, 6) is 1.09. The fourth-order valence-electron chi connectivity index (χ4n) is 2.23. The molecule has 5 heteroatoms. The number of fused-ring (bicyclic) bond motifs is 3. The van der Waals surface area contributed by atoms with E-state index in [9.17, 15) is 0 Å². The normalized spacial score (nSPS) is 13.6. The number of hydrogen-bond acceptors (Lipinski definition) is 4. The first kappa shape index (κ1) is 9.99. The zero-order valence-corrected chi connectivity index (χ0v) is 10.0. The molecule has 0 saturated heterocycles. The van der Waals surface area contributed by atoms with Gasteiger partial charge in [0.25, 0.3) is 0 Å². The first-order valence-electron chi connectivity index (χ1n) is 5.50. The predicted molar refractivity (Wildman–Crippen MR) is 64.5 cm³/mol. The van der Waals surface area contributed by atoms with Crippen molar-refractivity contribution in [2.75, 3.05) is 6.54 Å². The Morgan fingerprint density at radius 2 is 2.44 bits per heavy atom. The van der Waals surface area contributed by atoms with Crippen LogP contribution in [-0.4, -0.2) is 21.1 Å². The molecule has 3 heterocycles. The van der Waals surface area contributed by atoms with Gasteiger partial charge in [-0.3, -0.25) is 0 Å². The van der Waals surface area contributed by atoms with Crippen LogP contribution in [0.15, 0.2) is 6.20 Å². The van der Waals surface area contributed by atoms with E-state index >= 15 is 0 Å². The zero-order chi connectivity index (χ0) is 11.1. The number of imidazole rings is 1. The third kappa shape index (κ3) is 1.39. The minimum Gasteiger partial charge on any atom is -0.330 e. The van der Waals surface area contributed by atoms with Crippen molar-refractivity contribution in [3.63, 3.8) is 0 Å². The fraction of sp³-hybridized carbons (Fsp3) is 0.455. The quantitative estimate of drug-likeness (QED) is 0.854. The summed E-state index contributed by atoms with van der Waals surface area (Å²) in [6, 6.07) is 0. The van der Waals surface area contributed by atoms with Crippen molar-refractivity contribution in [1.29, 1.82) is 0 Å². The molecule has 0 aromatic carbocycles. The highest BCUT2D eigenvalue weighted by molar-refractivity contribution is 7.12. The highest BCUT2D eigenvalue weighted by Crippen LogP contribution is 2.33. The fourth-order valence-corrected chi connectivity index (χ4v) is 3.17. The van der Waals surface area contributed by atoms with E-state index in [-0.39, 0.29) is 0 Å². The van der Waals surface area contributed by atoms with Gasteiger partial charge in [0.05, 0.1) is 16.9 Å². The highest BCUT2D eigenvalue weighted by Gasteiger charge is 2.22. The first-order valence-corrected chi connectivity index (χ1v) is 6.32. The summed E-state index contributed by atoms with van der Waals surface area (Å²) in [5, 5.41) is 1.14. The average molecular weight is 234 g/mol. The van der Waals surface area contributed by atoms with Crippen molar-refractivity contribution in [2.24, 2.45) is 5.73 Å². The first-order chi connectivity index (χ1) is 7.79. The van der Waals surface area contributed by atoms with Crippen molar-refractivity contribution in [3.05, 3.63) is 21.9 Å². The molecule has 16 heavy (non-hydrogen) atoms. The molecular weight excluding hydrogens is 220 g/mol. The molecule has 0 radical (unpaired) electrons. The SMILES string of the molecule is Cc1nc2c(s1)CCn1c-2cnc1CCN. The molecule has 84 valence electrons. The lowest BCUT2D eigenvalue weighted by molar-refractivity contribution is 0.643. The van der Waals surface area contributed by atoms with E-state index in [1.807, 2.05) is 6.20 Å². The van der Waals surface area contributed by atoms with Gasteiger partial charge in [-0.15, -0.1) is 11.3 Å². The number of hydrogen-bond donors (Lipinski definition) is 1. The summed E-state index contributed by atoms with van der Waals surface area (Å²) >= 11 is 1.80. The second kappa shape index (κ2) is 3.68. The minimum absolute atomic E-state index is 0.652. The Morgan fingerprint density at radius 1 is 1.56 bits per heavy atom. The van der Waals surface area contributed by atoms with E-state index in [1.165, 1.54) is 4.88 Å². The van der Waals surface area contributed by atoms with Crippen LogP contribution >= 0.6 is 11.3 Å². The lowest BCUT2D eigenvalue weighted by atomic mass is 10.2. The summed E-state index contributed by atoms with van der Waals surface area (Å²) < 4.78 is 2.26. The Bertz CT molecular complexity index is 526. The second-order valence-electron chi connectivity index (χ2n) is 4.00. The molecule has 0 unspecified atom stereocenters. The van der Waals surface area contributed by atoms with Gasteiger partial charge in [0.1, 0.15) is 11.5 Å². The topological polar surface area (TPSA) is 56.7 Å². The summed E-state index contributed by atoms with van der Waals surface area (Å²) in [4.78, 5) is 10.4. The molecule has 0 aliphatic carbocycles. The van der Waals surface area contributed by atoms with Gasteiger partial charge in [0, 0.05) is 24.3 Å². The van der Waals surface area contributed by atoms with E-state index in [1.54, 1.807) is 11.3 Å². The maximum atomic E-state index is 5.58. The molecule has 0 saturated carbocycles. The van der Waals surface area contributed by atoms with Gasteiger partial charge in [-0.25, -0.2) is 9.97 Å². The Labute approximate surface area is 98.1 Å². The monoisotopic (exact) mass is 234 g/mol. The molecule has 2 aromatic heterocycles. The molecule has 0 fully saturated rings. The maximum Gasteiger partial charge on any atom is 0.110 e. The Kier molecular flexibility index (Phi) is 2.29. The average Bonchev–Trinajstić information content (AvgIpc) is 2.81. The minimum atomic E-state index is 0.652. The summed E-state index contributed by atoms with van der Waals surface area (Å²) in [6.07, 6.45) is 3.85. The molecule has 2 aromatic rings. The predicted octanol–water partition coefficient (Wildman–Crippen LogP) is 1.37. The van der Waals surface area contributed by atoms with Gasteiger partial charge < -0.3 is 10.3 Å². The maximum absolute atomic E-state index is 5.58. The molecule has 0 bridgehead atoms. The molecule has 2 N–H and O–H groups in total. The van der Waals surface area contributed by atoms with Gasteiger partial charge in [-0.2, -0.15) is 0 Å². The van der Waals surface area contributed by atoms with Gasteiger partial charge in [0.15, 0.2) is 0 Å². The van der Waals surface area contributed by atoms with E-state index in [0.717, 1.165) is 41.6 Å². The molecule has 3 rings (SSSR count). The van der Waals surface area contributed by atoms with E-state index in [4.69, 9.17) is 5.73 Å². The number of nitrogens with two attached hydrogens (primary N) is 1. The van der Waals surface area contributed by atoms with Crippen LogP contribution in [0.3, 0.4) is 0 Å². The van der Waals surface area contributed by atoms with Crippen molar-refractivity contribution in [1.82, 2.24) is 14.5 Å². The van der Waals surface area contributed by atoms with Gasteiger partial charge >= 0.3 is 0 Å². The van der Waals surface area contributed by atoms with E-state index in [0.29, 0.717) is 6.54 Å². The molecule has 1 aliphatic rings. The number of aryl methyl sites for hydroxylation is 2. The van der Waals surface area contributed by atoms with Crippen molar-refractivity contribution < 1.29 is 0 Å². The smallest absolute Gasteiger partial charge is 0.110 e. The molecule has 0 amide bonds. The lowest BCUT2D eigenvalue weighted by Crippen LogP contribution is -2.15. The number of nitrogens with zero attached hydrogens (tertiary/aromatic N) is 3. The van der Waals surface area contributed by atoms with Crippen molar-refractivity contribution >= 4 is 11.3 Å². The van der Waals surface area contributed by atoms with Crippen LogP contribution < -0.4 is 5.73 Å². The molecule has 0 spiro atoms. The van der Waals surface area contributed by atoms with Gasteiger partial charge in [-0.05, 0) is 13.5 Å². The molecule has 4 nitrogen and oxygen atoms in total. The van der Waals surface area contributed by atoms with Crippen LogP contribution in [0.5, 0.6) is 0 Å². The van der Waals surface area contributed by atoms with E-state index in [2.05, 4.69) is 21.5 Å². The van der Waals surface area contributed by atoms with Crippen LogP contribution in [0, 0.1) is 6.92 Å². The Morgan fingerprint density at radius 3 is 3.25 bits per heavy atom. The third-order valence-corrected chi connectivity index (χ3v) is 3.95. The van der Waals surface area contributed by atoms with Crippen LogP contribution in [0.25, 0.3) is 11.4 Å². The van der Waals surface area contributed by atoms with E-state index < -0.39 is 0 Å². The number of rotatable bonds is 2.